The predicted molar refractivity (Wildman–Crippen MR) is 354 cm³/mol. The average Bonchev–Trinajstić information content (AvgIpc) is 3.56. The van der Waals surface area contributed by atoms with Crippen LogP contribution in [0.5, 0.6) is 0 Å². The molecule has 19 heteroatoms. The van der Waals surface area contributed by atoms with Crippen molar-refractivity contribution in [1.29, 1.82) is 0 Å². The third-order valence-corrected chi connectivity index (χ3v) is 18.3. The van der Waals surface area contributed by atoms with Crippen LogP contribution in [0, 0.1) is 5.92 Å². The fourth-order valence-corrected chi connectivity index (χ4v) is 12.0. The third kappa shape index (κ3) is 61.6. The van der Waals surface area contributed by atoms with E-state index < -0.39 is 97.5 Å². The quantitative estimate of drug-likeness (QED) is 0.0222. The van der Waals surface area contributed by atoms with Crippen molar-refractivity contribution >= 4 is 39.5 Å². The van der Waals surface area contributed by atoms with E-state index in [1.807, 2.05) is 0 Å². The Morgan fingerprint density at radius 3 is 0.807 bits per heavy atom. The maximum absolute atomic E-state index is 13.0. The average molecular weight is 1300 g/mol. The second-order valence-electron chi connectivity index (χ2n) is 25.2. The molecule has 0 aromatic rings. The summed E-state index contributed by atoms with van der Waals surface area (Å²) in [5.74, 6) is -1.32. The Morgan fingerprint density at radius 2 is 0.545 bits per heavy atom. The number of aliphatic hydroxyl groups is 1. The van der Waals surface area contributed by atoms with E-state index in [4.69, 9.17) is 37.0 Å². The Labute approximate surface area is 537 Å². The van der Waals surface area contributed by atoms with E-state index in [1.165, 1.54) is 180 Å². The summed E-state index contributed by atoms with van der Waals surface area (Å²) in [6.45, 7) is 7.26. The molecule has 0 saturated carbocycles. The molecule has 6 atom stereocenters. The number of hydrogen-bond acceptors (Lipinski definition) is 15. The summed E-state index contributed by atoms with van der Waals surface area (Å²) >= 11 is 0. The molecular weight excluding hydrogens is 1160 g/mol. The molecule has 0 aromatic heterocycles. The second-order valence-corrected chi connectivity index (χ2v) is 28.1. The highest BCUT2D eigenvalue weighted by atomic mass is 31.2. The molecule has 0 aliphatic heterocycles. The van der Waals surface area contributed by atoms with E-state index in [2.05, 4.69) is 34.6 Å². The molecule has 0 radical (unpaired) electrons. The summed E-state index contributed by atoms with van der Waals surface area (Å²) < 4.78 is 68.2. The van der Waals surface area contributed by atoms with Crippen LogP contribution in [0.25, 0.3) is 0 Å². The van der Waals surface area contributed by atoms with Crippen LogP contribution in [0.15, 0.2) is 0 Å². The van der Waals surface area contributed by atoms with Gasteiger partial charge in [0.1, 0.15) is 19.3 Å². The molecule has 0 fully saturated rings. The van der Waals surface area contributed by atoms with Crippen LogP contribution in [-0.4, -0.2) is 96.7 Å². The lowest BCUT2D eigenvalue weighted by Crippen LogP contribution is -2.30. The van der Waals surface area contributed by atoms with E-state index >= 15 is 0 Å². The van der Waals surface area contributed by atoms with Crippen LogP contribution in [0.2, 0.25) is 0 Å². The first kappa shape index (κ1) is 86.1. The summed E-state index contributed by atoms with van der Waals surface area (Å²) in [4.78, 5) is 72.5. The first-order chi connectivity index (χ1) is 42.6. The van der Waals surface area contributed by atoms with Crippen molar-refractivity contribution < 1.29 is 80.2 Å². The van der Waals surface area contributed by atoms with E-state index in [1.54, 1.807) is 0 Å². The van der Waals surface area contributed by atoms with E-state index in [9.17, 15) is 43.2 Å². The van der Waals surface area contributed by atoms with Crippen LogP contribution in [0.3, 0.4) is 0 Å². The largest absolute Gasteiger partial charge is 0.472 e. The number of phosphoric acid groups is 2. The minimum atomic E-state index is -4.95. The van der Waals surface area contributed by atoms with Gasteiger partial charge in [-0.15, -0.1) is 0 Å². The molecule has 0 heterocycles. The summed E-state index contributed by atoms with van der Waals surface area (Å²) in [7, 11) is -9.90. The van der Waals surface area contributed by atoms with Crippen molar-refractivity contribution in [2.45, 2.75) is 374 Å². The number of hydrogen-bond donors (Lipinski definition) is 3. The van der Waals surface area contributed by atoms with Gasteiger partial charge in [0.15, 0.2) is 12.2 Å². The van der Waals surface area contributed by atoms with Crippen molar-refractivity contribution in [3.8, 4) is 0 Å². The molecule has 88 heavy (non-hydrogen) atoms. The zero-order valence-electron chi connectivity index (χ0n) is 56.9. The van der Waals surface area contributed by atoms with Crippen molar-refractivity contribution in [3.05, 3.63) is 0 Å². The van der Waals surface area contributed by atoms with Gasteiger partial charge in [0.25, 0.3) is 0 Å². The van der Waals surface area contributed by atoms with Crippen LogP contribution in [0.1, 0.15) is 356 Å². The number of ether oxygens (including phenoxy) is 4. The van der Waals surface area contributed by atoms with Crippen molar-refractivity contribution in [1.82, 2.24) is 0 Å². The maximum Gasteiger partial charge on any atom is 0.472 e. The summed E-state index contributed by atoms with van der Waals surface area (Å²) in [6, 6.07) is 0. The summed E-state index contributed by atoms with van der Waals surface area (Å²) in [6.07, 6.45) is 48.3. The van der Waals surface area contributed by atoms with Gasteiger partial charge in [-0.2, -0.15) is 0 Å². The number of carbonyl (C=O) groups excluding carboxylic acids is 4. The van der Waals surface area contributed by atoms with Gasteiger partial charge in [-0.05, 0) is 31.6 Å². The molecule has 3 N–H and O–H groups in total. The number of aliphatic hydroxyl groups excluding tert-OH is 1. The highest BCUT2D eigenvalue weighted by Crippen LogP contribution is 2.45. The molecule has 0 amide bonds. The Balaban J connectivity index is 5.25. The molecule has 0 bridgehead atoms. The van der Waals surface area contributed by atoms with Crippen LogP contribution < -0.4 is 0 Å². The molecule has 17 nitrogen and oxygen atoms in total. The minimum Gasteiger partial charge on any atom is -0.462 e. The first-order valence-electron chi connectivity index (χ1n) is 36.2. The predicted octanol–water partition coefficient (Wildman–Crippen LogP) is 19.7. The standard InChI is InChI=1S/C69H134O17P2/c1-6-10-13-16-19-22-25-27-33-38-43-48-53-67(72)80-59-65(86-69(74)55-50-45-40-35-30-29-31-36-41-46-51-62(5)9-4)61-84-88(77,78)82-57-63(70)56-81-87(75,76)83-60-64(58-79-66(71)52-47-42-37-32-24-21-18-15-12-8-3)85-68(73)54-49-44-39-34-28-26-23-20-17-14-11-7-2/h62-65,70H,6-61H2,1-5H3,(H,75,76)(H,77,78)/t62?,63-,64+,65+/m0/s1. The Bertz CT molecular complexity index is 1710. The van der Waals surface area contributed by atoms with Crippen LogP contribution in [-0.2, 0) is 65.4 Å². The van der Waals surface area contributed by atoms with Crippen LogP contribution >= 0.6 is 15.6 Å². The van der Waals surface area contributed by atoms with Crippen molar-refractivity contribution in [3.63, 3.8) is 0 Å². The number of esters is 4. The third-order valence-electron chi connectivity index (χ3n) is 16.4. The maximum atomic E-state index is 13.0. The molecule has 0 saturated heterocycles. The van der Waals surface area contributed by atoms with Gasteiger partial charge in [0.2, 0.25) is 0 Å². The lowest BCUT2D eigenvalue weighted by atomic mass is 9.99. The Hall–Kier alpha value is -1.94. The van der Waals surface area contributed by atoms with E-state index in [0.717, 1.165) is 95.8 Å². The van der Waals surface area contributed by atoms with E-state index in [-0.39, 0.29) is 25.7 Å². The zero-order chi connectivity index (χ0) is 64.9. The van der Waals surface area contributed by atoms with Gasteiger partial charge >= 0.3 is 39.5 Å². The number of rotatable bonds is 69. The zero-order valence-corrected chi connectivity index (χ0v) is 58.6. The second kappa shape index (κ2) is 62.5. The molecule has 0 spiro atoms. The lowest BCUT2D eigenvalue weighted by Gasteiger charge is -2.21. The molecule has 3 unspecified atom stereocenters. The molecule has 0 aliphatic rings. The molecule has 0 rings (SSSR count). The van der Waals surface area contributed by atoms with Crippen molar-refractivity contribution in [2.24, 2.45) is 5.92 Å². The molecule has 0 aliphatic carbocycles. The van der Waals surface area contributed by atoms with Gasteiger partial charge in [-0.1, -0.05) is 304 Å². The number of unbranched alkanes of at least 4 members (excludes halogenated alkanes) is 40. The lowest BCUT2D eigenvalue weighted by molar-refractivity contribution is -0.161. The fraction of sp³-hybridized carbons (Fsp3) is 0.942. The topological polar surface area (TPSA) is 237 Å². The minimum absolute atomic E-state index is 0.107. The molecular formula is C69H134O17P2. The fourth-order valence-electron chi connectivity index (χ4n) is 10.4. The SMILES string of the molecule is CCCCCCCCCCCCCCC(=O)OC[C@H](COP(=O)(O)OC[C@@H](O)COP(=O)(O)OC[C@@H](COC(=O)CCCCCCCCCCCC)OC(=O)CCCCCCCCCCCCCC)OC(=O)CCCCCCCCCCCCC(C)CC. The van der Waals surface area contributed by atoms with Gasteiger partial charge < -0.3 is 33.8 Å². The highest BCUT2D eigenvalue weighted by molar-refractivity contribution is 7.47. The van der Waals surface area contributed by atoms with Gasteiger partial charge in [-0.3, -0.25) is 37.3 Å². The van der Waals surface area contributed by atoms with Crippen LogP contribution in [0.4, 0.5) is 0 Å². The Morgan fingerprint density at radius 1 is 0.318 bits per heavy atom. The highest BCUT2D eigenvalue weighted by Gasteiger charge is 2.30. The summed E-state index contributed by atoms with van der Waals surface area (Å²) in [5.41, 5.74) is 0. The Kier molecular flexibility index (Phi) is 61.1. The molecule has 522 valence electrons. The van der Waals surface area contributed by atoms with Gasteiger partial charge in [0.05, 0.1) is 26.4 Å². The molecule has 0 aromatic carbocycles. The number of phosphoric ester groups is 2. The summed E-state index contributed by atoms with van der Waals surface area (Å²) in [5, 5.41) is 10.6. The normalized spacial score (nSPS) is 14.4. The van der Waals surface area contributed by atoms with E-state index in [0.29, 0.717) is 25.7 Å². The van der Waals surface area contributed by atoms with Gasteiger partial charge in [-0.25, -0.2) is 9.13 Å². The smallest absolute Gasteiger partial charge is 0.462 e. The first-order valence-corrected chi connectivity index (χ1v) is 39.2. The number of carbonyl (C=O) groups is 4. The van der Waals surface area contributed by atoms with Gasteiger partial charge in [0, 0.05) is 25.7 Å². The van der Waals surface area contributed by atoms with Crippen molar-refractivity contribution in [2.75, 3.05) is 39.6 Å². The monoisotopic (exact) mass is 1300 g/mol.